The summed E-state index contributed by atoms with van der Waals surface area (Å²) in [5.41, 5.74) is 0. The molecule has 0 radical (unpaired) electrons. The highest BCUT2D eigenvalue weighted by Crippen LogP contribution is 2.05. The van der Waals surface area contributed by atoms with Crippen molar-refractivity contribution in [3.63, 3.8) is 0 Å². The molecule has 62 valence electrons. The van der Waals surface area contributed by atoms with E-state index in [-0.39, 0.29) is 6.61 Å². The topological polar surface area (TPSA) is 37.8 Å². The molecular formula is C8H14NO2+. The Hall–Kier alpha value is -0.800. The first kappa shape index (κ1) is 8.30. The predicted octanol–water partition coefficient (Wildman–Crippen LogP) is -0.584. The summed E-state index contributed by atoms with van der Waals surface area (Å²) in [7, 11) is 4.11. The highest BCUT2D eigenvalue weighted by molar-refractivity contribution is 5.04. The third kappa shape index (κ3) is 2.37. The van der Waals surface area contributed by atoms with Gasteiger partial charge in [0.25, 0.3) is 0 Å². The summed E-state index contributed by atoms with van der Waals surface area (Å²) in [6.45, 7) is 0.850. The molecule has 0 aromatic carbocycles. The number of quaternary nitrogens is 1. The Kier molecular flexibility index (Phi) is 2.68. The van der Waals surface area contributed by atoms with Crippen LogP contribution in [0.4, 0.5) is 0 Å². The maximum Gasteiger partial charge on any atom is 0.158 e. The van der Waals surface area contributed by atoms with Crippen molar-refractivity contribution in [3.8, 4) is 0 Å². The van der Waals surface area contributed by atoms with E-state index in [9.17, 15) is 0 Å². The Morgan fingerprint density at radius 1 is 1.36 bits per heavy atom. The predicted molar refractivity (Wildman–Crippen MR) is 41.1 cm³/mol. The van der Waals surface area contributed by atoms with Crippen LogP contribution in [-0.4, -0.2) is 19.2 Å². The van der Waals surface area contributed by atoms with Gasteiger partial charge < -0.3 is 14.4 Å². The zero-order chi connectivity index (χ0) is 8.27. The Labute approximate surface area is 66.2 Å². The standard InChI is InChI=1S/C8H13NO2/c1-9(2)5-7-3-4-8(6-10)11-7/h3-4,10H,5-6H2,1-2H3/p+1. The lowest BCUT2D eigenvalue weighted by atomic mass is 10.4. The van der Waals surface area contributed by atoms with Gasteiger partial charge in [0.05, 0.1) is 14.1 Å². The maximum atomic E-state index is 8.68. The van der Waals surface area contributed by atoms with E-state index in [4.69, 9.17) is 9.52 Å². The number of hydrogen-bond donors (Lipinski definition) is 2. The van der Waals surface area contributed by atoms with E-state index in [1.54, 1.807) is 6.07 Å². The quantitative estimate of drug-likeness (QED) is 0.614. The second kappa shape index (κ2) is 3.55. The van der Waals surface area contributed by atoms with Gasteiger partial charge in [-0.3, -0.25) is 0 Å². The fourth-order valence-corrected chi connectivity index (χ4v) is 0.951. The molecule has 0 aliphatic carbocycles. The summed E-state index contributed by atoms with van der Waals surface area (Å²) in [6, 6.07) is 3.71. The van der Waals surface area contributed by atoms with Gasteiger partial charge in [-0.2, -0.15) is 0 Å². The van der Waals surface area contributed by atoms with Crippen LogP contribution < -0.4 is 4.90 Å². The van der Waals surface area contributed by atoms with Gasteiger partial charge in [0.1, 0.15) is 18.9 Å². The van der Waals surface area contributed by atoms with Crippen molar-refractivity contribution in [1.82, 2.24) is 0 Å². The fraction of sp³-hybridized carbons (Fsp3) is 0.500. The highest BCUT2D eigenvalue weighted by atomic mass is 16.4. The van der Waals surface area contributed by atoms with Gasteiger partial charge in [0.2, 0.25) is 0 Å². The van der Waals surface area contributed by atoms with E-state index in [1.807, 2.05) is 6.07 Å². The highest BCUT2D eigenvalue weighted by Gasteiger charge is 2.03. The van der Waals surface area contributed by atoms with E-state index < -0.39 is 0 Å². The minimum Gasteiger partial charge on any atom is -0.458 e. The molecular weight excluding hydrogens is 142 g/mol. The third-order valence-corrected chi connectivity index (χ3v) is 1.40. The van der Waals surface area contributed by atoms with Crippen LogP contribution in [0.2, 0.25) is 0 Å². The number of hydrogen-bond acceptors (Lipinski definition) is 2. The van der Waals surface area contributed by atoms with Crippen molar-refractivity contribution in [2.45, 2.75) is 13.2 Å². The van der Waals surface area contributed by atoms with Crippen LogP contribution in [0.1, 0.15) is 11.5 Å². The largest absolute Gasteiger partial charge is 0.458 e. The smallest absolute Gasteiger partial charge is 0.158 e. The van der Waals surface area contributed by atoms with Crippen molar-refractivity contribution in [1.29, 1.82) is 0 Å². The molecule has 0 fully saturated rings. The van der Waals surface area contributed by atoms with Crippen LogP contribution in [0.5, 0.6) is 0 Å². The number of rotatable bonds is 3. The van der Waals surface area contributed by atoms with Gasteiger partial charge in [0.15, 0.2) is 5.76 Å². The first-order valence-electron chi connectivity index (χ1n) is 3.70. The molecule has 0 atom stereocenters. The summed E-state index contributed by atoms with van der Waals surface area (Å²) in [5, 5.41) is 8.68. The zero-order valence-corrected chi connectivity index (χ0v) is 6.92. The minimum atomic E-state index is -0.0111. The second-order valence-electron chi connectivity index (χ2n) is 2.91. The van der Waals surface area contributed by atoms with Gasteiger partial charge in [-0.05, 0) is 12.1 Å². The second-order valence-corrected chi connectivity index (χ2v) is 2.91. The molecule has 1 rings (SSSR count). The van der Waals surface area contributed by atoms with Gasteiger partial charge in [-0.15, -0.1) is 0 Å². The van der Waals surface area contributed by atoms with Crippen LogP contribution in [0, 0.1) is 0 Å². The Morgan fingerprint density at radius 3 is 2.45 bits per heavy atom. The number of furan rings is 1. The molecule has 0 saturated carbocycles. The van der Waals surface area contributed by atoms with Crippen molar-refractivity contribution in [2.75, 3.05) is 14.1 Å². The summed E-state index contributed by atoms with van der Waals surface area (Å²) in [5.74, 6) is 1.57. The van der Waals surface area contributed by atoms with Crippen molar-refractivity contribution in [2.24, 2.45) is 0 Å². The average Bonchev–Trinajstić information content (AvgIpc) is 2.34. The summed E-state index contributed by atoms with van der Waals surface area (Å²) >= 11 is 0. The van der Waals surface area contributed by atoms with Gasteiger partial charge in [-0.25, -0.2) is 0 Å². The Bertz CT molecular complexity index is 218. The van der Waals surface area contributed by atoms with Gasteiger partial charge in [-0.1, -0.05) is 0 Å². The molecule has 0 bridgehead atoms. The molecule has 0 aliphatic heterocycles. The lowest BCUT2D eigenvalue weighted by Gasteiger charge is -2.02. The van der Waals surface area contributed by atoms with E-state index in [0.717, 1.165) is 12.3 Å². The minimum absolute atomic E-state index is 0.0111. The van der Waals surface area contributed by atoms with E-state index in [1.165, 1.54) is 4.90 Å². The van der Waals surface area contributed by atoms with E-state index >= 15 is 0 Å². The van der Waals surface area contributed by atoms with Crippen molar-refractivity contribution >= 4 is 0 Å². The number of aliphatic hydroxyl groups is 1. The van der Waals surface area contributed by atoms with E-state index in [0.29, 0.717) is 5.76 Å². The van der Waals surface area contributed by atoms with Crippen LogP contribution in [0.25, 0.3) is 0 Å². The van der Waals surface area contributed by atoms with Crippen LogP contribution in [0.3, 0.4) is 0 Å². The summed E-state index contributed by atoms with van der Waals surface area (Å²) in [4.78, 5) is 1.31. The van der Waals surface area contributed by atoms with E-state index in [2.05, 4.69) is 14.1 Å². The van der Waals surface area contributed by atoms with Crippen LogP contribution in [-0.2, 0) is 13.2 Å². The van der Waals surface area contributed by atoms with Crippen molar-refractivity contribution in [3.05, 3.63) is 23.7 Å². The zero-order valence-electron chi connectivity index (χ0n) is 6.92. The van der Waals surface area contributed by atoms with Gasteiger partial charge >= 0.3 is 0 Å². The molecule has 0 saturated heterocycles. The molecule has 0 amide bonds. The molecule has 3 nitrogen and oxygen atoms in total. The Morgan fingerprint density at radius 2 is 2.00 bits per heavy atom. The number of nitrogens with one attached hydrogen (secondary N) is 1. The molecule has 11 heavy (non-hydrogen) atoms. The molecule has 0 spiro atoms. The number of aliphatic hydroxyl groups excluding tert-OH is 1. The SMILES string of the molecule is C[NH+](C)Cc1ccc(CO)o1. The first-order valence-corrected chi connectivity index (χ1v) is 3.70. The van der Waals surface area contributed by atoms with Crippen LogP contribution >= 0.6 is 0 Å². The van der Waals surface area contributed by atoms with Crippen LogP contribution in [0.15, 0.2) is 16.5 Å². The molecule has 1 aromatic heterocycles. The molecule has 1 aromatic rings. The normalized spacial score (nSPS) is 10.9. The maximum absolute atomic E-state index is 8.68. The summed E-state index contributed by atoms with van der Waals surface area (Å²) < 4.78 is 5.27. The molecule has 3 heteroatoms. The molecule has 0 aliphatic rings. The van der Waals surface area contributed by atoms with Crippen molar-refractivity contribution < 1.29 is 14.4 Å². The first-order chi connectivity index (χ1) is 5.22. The lowest BCUT2D eigenvalue weighted by molar-refractivity contribution is -0.873. The lowest BCUT2D eigenvalue weighted by Crippen LogP contribution is -3.04. The monoisotopic (exact) mass is 156 g/mol. The fourth-order valence-electron chi connectivity index (χ4n) is 0.951. The average molecular weight is 156 g/mol. The summed E-state index contributed by atoms with van der Waals surface area (Å²) in [6.07, 6.45) is 0. The molecule has 0 unspecified atom stereocenters. The third-order valence-electron chi connectivity index (χ3n) is 1.40. The Balaban J connectivity index is 2.58. The molecule has 2 N–H and O–H groups in total. The molecule has 1 heterocycles. The van der Waals surface area contributed by atoms with Gasteiger partial charge in [0, 0.05) is 0 Å².